The number of aliphatic hydroxyl groups excluding tert-OH is 1. The zero-order chi connectivity index (χ0) is 13.7. The van der Waals surface area contributed by atoms with E-state index in [0.717, 1.165) is 30.6 Å². The molecular formula is C15H21NO3. The van der Waals surface area contributed by atoms with Crippen LogP contribution in [-0.4, -0.2) is 30.8 Å². The number of rotatable bonds is 4. The van der Waals surface area contributed by atoms with E-state index in [4.69, 9.17) is 4.74 Å². The Morgan fingerprint density at radius 1 is 1.47 bits per heavy atom. The normalized spacial score (nSPS) is 19.3. The van der Waals surface area contributed by atoms with Crippen molar-refractivity contribution >= 4 is 11.7 Å². The molecule has 0 unspecified atom stereocenters. The van der Waals surface area contributed by atoms with Gasteiger partial charge in [0.2, 0.25) is 0 Å². The number of carbonyl (C=O) groups excluding carboxylic acids is 1. The van der Waals surface area contributed by atoms with Crippen molar-refractivity contribution in [3.8, 4) is 0 Å². The molecule has 0 radical (unpaired) electrons. The Balaban J connectivity index is 2.10. The second kappa shape index (κ2) is 6.57. The Kier molecular flexibility index (Phi) is 4.80. The molecule has 1 atom stereocenters. The highest BCUT2D eigenvalue weighted by Gasteiger charge is 2.27. The van der Waals surface area contributed by atoms with Gasteiger partial charge in [0.1, 0.15) is 0 Å². The zero-order valence-electron chi connectivity index (χ0n) is 11.3. The molecule has 104 valence electrons. The molecule has 4 nitrogen and oxygen atoms in total. The first-order valence-electron chi connectivity index (χ1n) is 6.86. The number of benzene rings is 1. The minimum absolute atomic E-state index is 0.0246. The van der Waals surface area contributed by atoms with Crippen molar-refractivity contribution in [1.82, 2.24) is 0 Å². The quantitative estimate of drug-likeness (QED) is 0.844. The third kappa shape index (κ3) is 3.26. The van der Waals surface area contributed by atoms with E-state index in [1.807, 2.05) is 31.2 Å². The molecule has 1 aromatic rings. The molecule has 4 heteroatoms. The lowest BCUT2D eigenvalue weighted by Crippen LogP contribution is -2.39. The maximum atomic E-state index is 11.8. The summed E-state index contributed by atoms with van der Waals surface area (Å²) in [5.74, 6) is -0.158. The number of esters is 1. The van der Waals surface area contributed by atoms with Crippen molar-refractivity contribution in [3.63, 3.8) is 0 Å². The van der Waals surface area contributed by atoms with E-state index in [0.29, 0.717) is 13.2 Å². The minimum Gasteiger partial charge on any atom is -0.466 e. The Bertz CT molecular complexity index is 433. The van der Waals surface area contributed by atoms with Crippen LogP contribution in [0, 0.1) is 5.92 Å². The fourth-order valence-electron chi connectivity index (χ4n) is 2.60. The fraction of sp³-hybridized carbons (Fsp3) is 0.533. The van der Waals surface area contributed by atoms with Gasteiger partial charge < -0.3 is 14.7 Å². The van der Waals surface area contributed by atoms with Crippen LogP contribution < -0.4 is 4.90 Å². The van der Waals surface area contributed by atoms with Gasteiger partial charge in [0.25, 0.3) is 0 Å². The second-order valence-electron chi connectivity index (χ2n) is 4.82. The Morgan fingerprint density at radius 3 is 3.00 bits per heavy atom. The first kappa shape index (κ1) is 13.9. The molecule has 1 aromatic carbocycles. The Morgan fingerprint density at radius 2 is 2.26 bits per heavy atom. The maximum Gasteiger partial charge on any atom is 0.310 e. The molecular weight excluding hydrogens is 242 g/mol. The van der Waals surface area contributed by atoms with Crippen LogP contribution in [0.3, 0.4) is 0 Å². The van der Waals surface area contributed by atoms with Gasteiger partial charge >= 0.3 is 5.97 Å². The van der Waals surface area contributed by atoms with E-state index in [1.165, 1.54) is 0 Å². The average molecular weight is 263 g/mol. The highest BCUT2D eigenvalue weighted by Crippen LogP contribution is 2.27. The zero-order valence-corrected chi connectivity index (χ0v) is 11.3. The van der Waals surface area contributed by atoms with Crippen molar-refractivity contribution in [2.75, 3.05) is 24.6 Å². The van der Waals surface area contributed by atoms with Gasteiger partial charge in [-0.05, 0) is 25.8 Å². The summed E-state index contributed by atoms with van der Waals surface area (Å²) in [6.45, 7) is 3.89. The second-order valence-corrected chi connectivity index (χ2v) is 4.82. The van der Waals surface area contributed by atoms with E-state index >= 15 is 0 Å². The number of hydrogen-bond acceptors (Lipinski definition) is 4. The van der Waals surface area contributed by atoms with Gasteiger partial charge in [0.15, 0.2) is 0 Å². The van der Waals surface area contributed by atoms with Gasteiger partial charge in [-0.1, -0.05) is 18.2 Å². The molecule has 1 saturated heterocycles. The lowest BCUT2D eigenvalue weighted by Gasteiger charge is -2.34. The van der Waals surface area contributed by atoms with Crippen LogP contribution in [0.15, 0.2) is 24.3 Å². The van der Waals surface area contributed by atoms with Crippen molar-refractivity contribution in [1.29, 1.82) is 0 Å². The van der Waals surface area contributed by atoms with Gasteiger partial charge in [-0.25, -0.2) is 0 Å². The maximum absolute atomic E-state index is 11.8. The predicted molar refractivity (Wildman–Crippen MR) is 73.9 cm³/mol. The molecule has 0 aromatic heterocycles. The molecule has 1 fully saturated rings. The van der Waals surface area contributed by atoms with Crippen molar-refractivity contribution in [2.24, 2.45) is 5.92 Å². The summed E-state index contributed by atoms with van der Waals surface area (Å²) in [7, 11) is 0. The third-order valence-corrected chi connectivity index (χ3v) is 3.54. The lowest BCUT2D eigenvalue weighted by atomic mass is 9.97. The molecule has 2 rings (SSSR count). The molecule has 0 saturated carbocycles. The van der Waals surface area contributed by atoms with Crippen LogP contribution in [0.2, 0.25) is 0 Å². The molecule has 1 heterocycles. The van der Waals surface area contributed by atoms with E-state index < -0.39 is 0 Å². The van der Waals surface area contributed by atoms with E-state index in [-0.39, 0.29) is 18.5 Å². The molecule has 1 aliphatic rings. The number of para-hydroxylation sites is 1. The summed E-state index contributed by atoms with van der Waals surface area (Å²) >= 11 is 0. The van der Waals surface area contributed by atoms with Crippen molar-refractivity contribution in [2.45, 2.75) is 26.4 Å². The van der Waals surface area contributed by atoms with Crippen LogP contribution in [0.4, 0.5) is 5.69 Å². The molecule has 1 aliphatic heterocycles. The van der Waals surface area contributed by atoms with Crippen LogP contribution in [0.5, 0.6) is 0 Å². The van der Waals surface area contributed by atoms with Crippen LogP contribution in [0.25, 0.3) is 0 Å². The summed E-state index contributed by atoms with van der Waals surface area (Å²) in [5, 5.41) is 9.39. The smallest absolute Gasteiger partial charge is 0.310 e. The molecule has 0 amide bonds. The summed E-state index contributed by atoms with van der Waals surface area (Å²) in [6.07, 6.45) is 1.86. The molecule has 0 bridgehead atoms. The highest BCUT2D eigenvalue weighted by atomic mass is 16.5. The van der Waals surface area contributed by atoms with Gasteiger partial charge in [0, 0.05) is 24.3 Å². The summed E-state index contributed by atoms with van der Waals surface area (Å²) < 4.78 is 5.11. The highest BCUT2D eigenvalue weighted by molar-refractivity contribution is 5.73. The number of ether oxygens (including phenoxy) is 1. The van der Waals surface area contributed by atoms with E-state index in [2.05, 4.69) is 4.90 Å². The Hall–Kier alpha value is -1.55. The third-order valence-electron chi connectivity index (χ3n) is 3.54. The summed E-state index contributed by atoms with van der Waals surface area (Å²) in [5.41, 5.74) is 1.94. The number of carbonyl (C=O) groups is 1. The standard InChI is InChI=1S/C15H21NO3/c1-2-19-15(18)12-7-5-9-16(10-12)14-8-4-3-6-13(14)11-17/h3-4,6,8,12,17H,2,5,7,9-11H2,1H3/t12-/m0/s1. The largest absolute Gasteiger partial charge is 0.466 e. The fourth-order valence-corrected chi connectivity index (χ4v) is 2.60. The Labute approximate surface area is 114 Å². The van der Waals surface area contributed by atoms with Crippen LogP contribution in [-0.2, 0) is 16.1 Å². The number of anilines is 1. The lowest BCUT2D eigenvalue weighted by molar-refractivity contribution is -0.148. The molecule has 0 spiro atoms. The van der Waals surface area contributed by atoms with Crippen LogP contribution in [0.1, 0.15) is 25.3 Å². The molecule has 0 aliphatic carbocycles. The first-order valence-corrected chi connectivity index (χ1v) is 6.86. The molecule has 1 N–H and O–H groups in total. The number of hydrogen-bond donors (Lipinski definition) is 1. The number of piperidine rings is 1. The number of nitrogens with zero attached hydrogens (tertiary/aromatic N) is 1. The topological polar surface area (TPSA) is 49.8 Å². The predicted octanol–water partition coefficient (Wildman–Crippen LogP) is 1.96. The van der Waals surface area contributed by atoms with Crippen molar-refractivity contribution in [3.05, 3.63) is 29.8 Å². The minimum atomic E-state index is -0.103. The summed E-state index contributed by atoms with van der Waals surface area (Å²) in [4.78, 5) is 14.0. The van der Waals surface area contributed by atoms with Gasteiger partial charge in [0.05, 0.1) is 19.1 Å². The van der Waals surface area contributed by atoms with Gasteiger partial charge in [-0.2, -0.15) is 0 Å². The van der Waals surface area contributed by atoms with Crippen LogP contribution >= 0.6 is 0 Å². The SMILES string of the molecule is CCOC(=O)[C@H]1CCCN(c2ccccc2CO)C1. The van der Waals surface area contributed by atoms with E-state index in [1.54, 1.807) is 0 Å². The average Bonchev–Trinajstić information content (AvgIpc) is 2.47. The van der Waals surface area contributed by atoms with Gasteiger partial charge in [-0.15, -0.1) is 0 Å². The van der Waals surface area contributed by atoms with E-state index in [9.17, 15) is 9.90 Å². The first-order chi connectivity index (χ1) is 9.26. The van der Waals surface area contributed by atoms with Crippen molar-refractivity contribution < 1.29 is 14.6 Å². The number of aliphatic hydroxyl groups is 1. The summed E-state index contributed by atoms with van der Waals surface area (Å²) in [6, 6.07) is 7.80. The van der Waals surface area contributed by atoms with Gasteiger partial charge in [-0.3, -0.25) is 4.79 Å². The monoisotopic (exact) mass is 263 g/mol. The molecule has 19 heavy (non-hydrogen) atoms.